The predicted octanol–water partition coefficient (Wildman–Crippen LogP) is 1.23. The van der Waals surface area contributed by atoms with Crippen LogP contribution in [-0.2, 0) is 4.79 Å². The van der Waals surface area contributed by atoms with Gasteiger partial charge in [0.05, 0.1) is 5.92 Å². The Bertz CT molecular complexity index is 254. The number of likely N-dealkylation sites (tertiary alicyclic amines) is 1. The van der Waals surface area contributed by atoms with Crippen molar-refractivity contribution >= 4 is 5.91 Å². The molecule has 106 valence electrons. The molecule has 2 atom stereocenters. The van der Waals surface area contributed by atoms with Crippen LogP contribution in [-0.4, -0.2) is 42.2 Å². The maximum absolute atomic E-state index is 12.4. The number of nitrogens with zero attached hydrogens (tertiary/aromatic N) is 1. The second-order valence-corrected chi connectivity index (χ2v) is 5.87. The van der Waals surface area contributed by atoms with Gasteiger partial charge in [0.2, 0.25) is 5.91 Å². The first-order valence-corrected chi connectivity index (χ1v) is 7.18. The van der Waals surface area contributed by atoms with Crippen LogP contribution in [0.25, 0.3) is 0 Å². The highest BCUT2D eigenvalue weighted by molar-refractivity contribution is 5.79. The molecule has 4 nitrogen and oxygen atoms in total. The zero-order chi connectivity index (χ0) is 13.5. The van der Waals surface area contributed by atoms with Gasteiger partial charge < -0.3 is 15.7 Å². The van der Waals surface area contributed by atoms with Gasteiger partial charge in [-0.05, 0) is 37.5 Å². The maximum Gasteiger partial charge on any atom is 0.226 e. The molecular formula is C14H28N2O2. The van der Waals surface area contributed by atoms with E-state index in [4.69, 9.17) is 10.8 Å². The van der Waals surface area contributed by atoms with Gasteiger partial charge in [-0.1, -0.05) is 13.8 Å². The molecule has 0 radical (unpaired) electrons. The van der Waals surface area contributed by atoms with E-state index in [9.17, 15) is 4.79 Å². The number of aliphatic hydroxyl groups is 1. The van der Waals surface area contributed by atoms with Crippen LogP contribution >= 0.6 is 0 Å². The largest absolute Gasteiger partial charge is 0.396 e. The van der Waals surface area contributed by atoms with Crippen molar-refractivity contribution in [3.05, 3.63) is 0 Å². The number of piperidine rings is 1. The topological polar surface area (TPSA) is 66.6 Å². The summed E-state index contributed by atoms with van der Waals surface area (Å²) in [4.78, 5) is 14.4. The van der Waals surface area contributed by atoms with Crippen molar-refractivity contribution in [3.63, 3.8) is 0 Å². The van der Waals surface area contributed by atoms with Gasteiger partial charge >= 0.3 is 0 Å². The molecule has 1 amide bonds. The van der Waals surface area contributed by atoms with Gasteiger partial charge in [-0.2, -0.15) is 0 Å². The summed E-state index contributed by atoms with van der Waals surface area (Å²) in [6, 6.07) is 0. The zero-order valence-corrected chi connectivity index (χ0v) is 11.8. The van der Waals surface area contributed by atoms with Crippen molar-refractivity contribution in [2.75, 3.05) is 26.2 Å². The highest BCUT2D eigenvalue weighted by Gasteiger charge is 2.28. The van der Waals surface area contributed by atoms with E-state index in [-0.39, 0.29) is 18.4 Å². The molecule has 0 aromatic carbocycles. The van der Waals surface area contributed by atoms with Gasteiger partial charge in [0, 0.05) is 26.2 Å². The van der Waals surface area contributed by atoms with Crippen molar-refractivity contribution in [3.8, 4) is 0 Å². The molecule has 18 heavy (non-hydrogen) atoms. The van der Waals surface area contributed by atoms with E-state index in [0.29, 0.717) is 18.4 Å². The van der Waals surface area contributed by atoms with Crippen LogP contribution in [0.3, 0.4) is 0 Å². The number of hydrogen-bond acceptors (Lipinski definition) is 3. The third kappa shape index (κ3) is 4.58. The van der Waals surface area contributed by atoms with Crippen molar-refractivity contribution in [1.29, 1.82) is 0 Å². The lowest BCUT2D eigenvalue weighted by molar-refractivity contribution is -0.137. The second-order valence-electron chi connectivity index (χ2n) is 5.87. The number of rotatable bonds is 6. The number of carbonyl (C=O) groups excluding carboxylic acids is 1. The molecule has 0 aliphatic carbocycles. The molecule has 4 heteroatoms. The van der Waals surface area contributed by atoms with Gasteiger partial charge in [0.1, 0.15) is 0 Å². The molecule has 1 saturated heterocycles. The average Bonchev–Trinajstić information content (AvgIpc) is 2.35. The fraction of sp³-hybridized carbons (Fsp3) is 0.929. The van der Waals surface area contributed by atoms with Gasteiger partial charge in [0.25, 0.3) is 0 Å². The van der Waals surface area contributed by atoms with Crippen LogP contribution in [0.15, 0.2) is 0 Å². The van der Waals surface area contributed by atoms with E-state index < -0.39 is 0 Å². The highest BCUT2D eigenvalue weighted by Crippen LogP contribution is 2.22. The first-order chi connectivity index (χ1) is 8.58. The quantitative estimate of drug-likeness (QED) is 0.751. The van der Waals surface area contributed by atoms with Gasteiger partial charge in [-0.25, -0.2) is 0 Å². The van der Waals surface area contributed by atoms with E-state index in [1.54, 1.807) is 0 Å². The lowest BCUT2D eigenvalue weighted by Crippen LogP contribution is -2.45. The standard InChI is InChI=1S/C14H28N2O2/c1-11(2)8-13(9-15)14(18)16-6-3-4-12(10-16)5-7-17/h11-13,17H,3-10,15H2,1-2H3. The summed E-state index contributed by atoms with van der Waals surface area (Å²) in [6.45, 7) is 6.57. The molecule has 0 aromatic heterocycles. The minimum absolute atomic E-state index is 0.0297. The number of aliphatic hydroxyl groups excluding tert-OH is 1. The fourth-order valence-electron chi connectivity index (χ4n) is 2.81. The Morgan fingerprint density at radius 1 is 1.50 bits per heavy atom. The normalized spacial score (nSPS) is 22.3. The summed E-state index contributed by atoms with van der Waals surface area (Å²) < 4.78 is 0. The summed E-state index contributed by atoms with van der Waals surface area (Å²) in [5.41, 5.74) is 5.73. The molecule has 0 spiro atoms. The van der Waals surface area contributed by atoms with E-state index in [0.717, 1.165) is 38.8 Å². The molecule has 0 aromatic rings. The van der Waals surface area contributed by atoms with Gasteiger partial charge in [0.15, 0.2) is 0 Å². The summed E-state index contributed by atoms with van der Waals surface area (Å²) in [7, 11) is 0. The summed E-state index contributed by atoms with van der Waals surface area (Å²) >= 11 is 0. The van der Waals surface area contributed by atoms with Crippen molar-refractivity contribution in [2.45, 2.75) is 39.5 Å². The number of carbonyl (C=O) groups is 1. The lowest BCUT2D eigenvalue weighted by Gasteiger charge is -2.35. The van der Waals surface area contributed by atoms with Crippen LogP contribution in [0.4, 0.5) is 0 Å². The van der Waals surface area contributed by atoms with E-state index in [1.165, 1.54) is 0 Å². The first kappa shape index (κ1) is 15.4. The Balaban J connectivity index is 2.53. The van der Waals surface area contributed by atoms with Gasteiger partial charge in [-0.15, -0.1) is 0 Å². The summed E-state index contributed by atoms with van der Waals surface area (Å²) in [5.74, 6) is 1.15. The third-order valence-corrected chi connectivity index (χ3v) is 3.76. The average molecular weight is 256 g/mol. The number of amides is 1. The molecule has 1 rings (SSSR count). The van der Waals surface area contributed by atoms with Crippen LogP contribution < -0.4 is 5.73 Å². The minimum Gasteiger partial charge on any atom is -0.396 e. The van der Waals surface area contributed by atoms with Crippen LogP contribution in [0, 0.1) is 17.8 Å². The first-order valence-electron chi connectivity index (χ1n) is 7.18. The Labute approximate surface area is 111 Å². The molecular weight excluding hydrogens is 228 g/mol. The van der Waals surface area contributed by atoms with Crippen molar-refractivity contribution in [2.24, 2.45) is 23.5 Å². The predicted molar refractivity (Wildman–Crippen MR) is 73.0 cm³/mol. The smallest absolute Gasteiger partial charge is 0.226 e. The molecule has 1 aliphatic rings. The van der Waals surface area contributed by atoms with E-state index in [1.807, 2.05) is 4.90 Å². The lowest BCUT2D eigenvalue weighted by atomic mass is 9.91. The molecule has 0 bridgehead atoms. The Morgan fingerprint density at radius 2 is 2.22 bits per heavy atom. The van der Waals surface area contributed by atoms with Crippen molar-refractivity contribution in [1.82, 2.24) is 4.90 Å². The van der Waals surface area contributed by atoms with Crippen LogP contribution in [0.1, 0.15) is 39.5 Å². The molecule has 3 N–H and O–H groups in total. The highest BCUT2D eigenvalue weighted by atomic mass is 16.3. The van der Waals surface area contributed by atoms with E-state index >= 15 is 0 Å². The Morgan fingerprint density at radius 3 is 2.78 bits per heavy atom. The SMILES string of the molecule is CC(C)CC(CN)C(=O)N1CCCC(CCO)C1. The van der Waals surface area contributed by atoms with Gasteiger partial charge in [-0.3, -0.25) is 4.79 Å². The maximum atomic E-state index is 12.4. The Hall–Kier alpha value is -0.610. The number of hydrogen-bond donors (Lipinski definition) is 2. The second kappa shape index (κ2) is 7.74. The molecule has 2 unspecified atom stereocenters. The van der Waals surface area contributed by atoms with Crippen molar-refractivity contribution < 1.29 is 9.90 Å². The molecule has 1 heterocycles. The molecule has 0 saturated carbocycles. The van der Waals surface area contributed by atoms with E-state index in [2.05, 4.69) is 13.8 Å². The summed E-state index contributed by atoms with van der Waals surface area (Å²) in [6.07, 6.45) is 3.86. The molecule has 1 aliphatic heterocycles. The third-order valence-electron chi connectivity index (χ3n) is 3.76. The zero-order valence-electron chi connectivity index (χ0n) is 11.8. The minimum atomic E-state index is -0.0297. The molecule has 1 fully saturated rings. The monoisotopic (exact) mass is 256 g/mol. The van der Waals surface area contributed by atoms with Crippen LogP contribution in [0.2, 0.25) is 0 Å². The van der Waals surface area contributed by atoms with Crippen LogP contribution in [0.5, 0.6) is 0 Å². The summed E-state index contributed by atoms with van der Waals surface area (Å²) in [5, 5.41) is 8.99. The number of nitrogens with two attached hydrogens (primary N) is 1. The fourth-order valence-corrected chi connectivity index (χ4v) is 2.81. The Kier molecular flexibility index (Phi) is 6.65.